The number of aryl methyl sites for hydroxylation is 2. The second-order valence-corrected chi connectivity index (χ2v) is 10.1. The maximum atomic E-state index is 12.9. The molecular formula is C31H30N6O. The van der Waals surface area contributed by atoms with Gasteiger partial charge in [-0.3, -0.25) is 9.69 Å². The molecule has 1 aliphatic rings. The predicted molar refractivity (Wildman–Crippen MR) is 152 cm³/mol. The van der Waals surface area contributed by atoms with Crippen LogP contribution in [0.2, 0.25) is 0 Å². The summed E-state index contributed by atoms with van der Waals surface area (Å²) in [6.07, 6.45) is 0. The monoisotopic (exact) mass is 502 g/mol. The Labute approximate surface area is 223 Å². The number of hydrogen-bond donors (Lipinski definition) is 0. The first-order chi connectivity index (χ1) is 18.3. The van der Waals surface area contributed by atoms with Crippen molar-refractivity contribution < 1.29 is 0 Å². The van der Waals surface area contributed by atoms with E-state index in [1.807, 2.05) is 18.2 Å². The highest BCUT2D eigenvalue weighted by atomic mass is 16.1. The Kier molecular flexibility index (Phi) is 6.72. The number of nitrogens with zero attached hydrogens (tertiary/aromatic N) is 6. The molecule has 1 fully saturated rings. The van der Waals surface area contributed by atoms with E-state index >= 15 is 0 Å². The van der Waals surface area contributed by atoms with Gasteiger partial charge in [-0.05, 0) is 44.0 Å². The normalized spacial score (nSPS) is 18.6. The third-order valence-electron chi connectivity index (χ3n) is 7.57. The maximum Gasteiger partial charge on any atom is 0.270 e. The average molecular weight is 503 g/mol. The predicted octanol–water partition coefficient (Wildman–Crippen LogP) is 6.03. The number of pyridine rings is 2. The van der Waals surface area contributed by atoms with Crippen molar-refractivity contribution in [2.45, 2.75) is 38.9 Å². The van der Waals surface area contributed by atoms with Gasteiger partial charge in [0.15, 0.2) is 5.69 Å². The molecule has 3 atom stereocenters. The number of hydrogen-bond acceptors (Lipinski definition) is 4. The zero-order valence-electron chi connectivity index (χ0n) is 22.1. The zero-order valence-corrected chi connectivity index (χ0v) is 22.1. The molecule has 7 heteroatoms. The van der Waals surface area contributed by atoms with Crippen LogP contribution in [-0.4, -0.2) is 39.6 Å². The standard InChI is InChI=1S/C31H30N6O/c1-20-7-9-23(10-8-20)31(24-11-13-25(32-4)14-12-24)37-19-21(2)36(18-22(37)3)27-17-29(38)35(6)26-15-16-28(33-5)34-30(26)27/h7-17,21-22,31H,18-19H2,1-3,6H3/t21-,22+,31?/m0/s1. The van der Waals surface area contributed by atoms with E-state index < -0.39 is 0 Å². The van der Waals surface area contributed by atoms with E-state index in [4.69, 9.17) is 13.1 Å². The third kappa shape index (κ3) is 4.53. The van der Waals surface area contributed by atoms with Crippen molar-refractivity contribution in [2.75, 3.05) is 18.0 Å². The van der Waals surface area contributed by atoms with Crippen LogP contribution in [0.25, 0.3) is 20.7 Å². The van der Waals surface area contributed by atoms with Crippen LogP contribution in [0.4, 0.5) is 17.2 Å². The molecule has 38 heavy (non-hydrogen) atoms. The number of anilines is 1. The smallest absolute Gasteiger partial charge is 0.270 e. The molecule has 0 amide bonds. The van der Waals surface area contributed by atoms with Crippen molar-refractivity contribution in [3.63, 3.8) is 0 Å². The van der Waals surface area contributed by atoms with Gasteiger partial charge in [-0.15, -0.1) is 4.98 Å². The lowest BCUT2D eigenvalue weighted by molar-refractivity contribution is 0.130. The van der Waals surface area contributed by atoms with Gasteiger partial charge in [-0.1, -0.05) is 60.7 Å². The summed E-state index contributed by atoms with van der Waals surface area (Å²) >= 11 is 0. The molecule has 0 radical (unpaired) electrons. The largest absolute Gasteiger partial charge is 0.362 e. The molecule has 4 aromatic rings. The van der Waals surface area contributed by atoms with Crippen molar-refractivity contribution in [1.29, 1.82) is 0 Å². The van der Waals surface area contributed by atoms with Gasteiger partial charge >= 0.3 is 0 Å². The van der Waals surface area contributed by atoms with Crippen LogP contribution in [-0.2, 0) is 7.05 Å². The first-order valence-electron chi connectivity index (χ1n) is 12.8. The van der Waals surface area contributed by atoms with E-state index in [9.17, 15) is 4.79 Å². The molecule has 0 N–H and O–H groups in total. The zero-order chi connectivity index (χ0) is 27.0. The summed E-state index contributed by atoms with van der Waals surface area (Å²) in [4.78, 5) is 29.4. The Balaban J connectivity index is 1.55. The fourth-order valence-corrected chi connectivity index (χ4v) is 5.49. The second kappa shape index (κ2) is 10.1. The molecule has 1 saturated heterocycles. The highest BCUT2D eigenvalue weighted by molar-refractivity contribution is 5.89. The van der Waals surface area contributed by atoms with E-state index in [1.165, 1.54) is 11.1 Å². The van der Waals surface area contributed by atoms with E-state index in [0.29, 0.717) is 23.6 Å². The summed E-state index contributed by atoms with van der Waals surface area (Å²) < 4.78 is 1.59. The van der Waals surface area contributed by atoms with E-state index in [2.05, 4.69) is 81.6 Å². The summed E-state index contributed by atoms with van der Waals surface area (Å²) in [5, 5.41) is 0. The fourth-order valence-electron chi connectivity index (χ4n) is 5.49. The second-order valence-electron chi connectivity index (χ2n) is 10.1. The molecule has 1 unspecified atom stereocenters. The van der Waals surface area contributed by atoms with E-state index in [-0.39, 0.29) is 23.7 Å². The summed E-state index contributed by atoms with van der Waals surface area (Å²) in [6, 6.07) is 22.0. The van der Waals surface area contributed by atoms with Gasteiger partial charge in [0.1, 0.15) is 0 Å². The number of rotatable bonds is 4. The Bertz CT molecular complexity index is 1630. The number of fused-ring (bicyclic) bond motifs is 1. The quantitative estimate of drug-likeness (QED) is 0.320. The maximum absolute atomic E-state index is 12.9. The molecule has 5 rings (SSSR count). The van der Waals surface area contributed by atoms with Gasteiger partial charge in [0.05, 0.1) is 23.8 Å². The molecule has 7 nitrogen and oxygen atoms in total. The van der Waals surface area contributed by atoms with Gasteiger partial charge in [-0.25, -0.2) is 4.85 Å². The molecule has 2 aromatic carbocycles. The van der Waals surface area contributed by atoms with Crippen LogP contribution in [0.1, 0.15) is 36.6 Å². The fraction of sp³-hybridized carbons (Fsp3) is 0.290. The Morgan fingerprint density at radius 2 is 1.55 bits per heavy atom. The van der Waals surface area contributed by atoms with E-state index in [1.54, 1.807) is 23.7 Å². The minimum Gasteiger partial charge on any atom is -0.362 e. The molecule has 1 aliphatic heterocycles. The Morgan fingerprint density at radius 1 is 0.895 bits per heavy atom. The van der Waals surface area contributed by atoms with Crippen LogP contribution in [0.3, 0.4) is 0 Å². The Morgan fingerprint density at radius 3 is 2.18 bits per heavy atom. The molecule has 0 aliphatic carbocycles. The molecule has 190 valence electrons. The molecule has 0 bridgehead atoms. The number of benzene rings is 2. The first kappa shape index (κ1) is 25.2. The molecular weight excluding hydrogens is 472 g/mol. The summed E-state index contributed by atoms with van der Waals surface area (Å²) in [6.45, 7) is 22.7. The van der Waals surface area contributed by atoms with Gasteiger partial charge in [0, 0.05) is 38.3 Å². The van der Waals surface area contributed by atoms with Crippen LogP contribution in [0, 0.1) is 20.1 Å². The van der Waals surface area contributed by atoms with Gasteiger partial charge < -0.3 is 14.3 Å². The van der Waals surface area contributed by atoms with Crippen molar-refractivity contribution in [3.8, 4) is 0 Å². The lowest BCUT2D eigenvalue weighted by atomic mass is 9.92. The number of aromatic nitrogens is 2. The van der Waals surface area contributed by atoms with Crippen LogP contribution < -0.4 is 10.5 Å². The minimum atomic E-state index is -0.0930. The number of piperazine rings is 1. The highest BCUT2D eigenvalue weighted by Gasteiger charge is 2.36. The average Bonchev–Trinajstić information content (AvgIpc) is 2.93. The minimum absolute atomic E-state index is 0.0298. The van der Waals surface area contributed by atoms with Gasteiger partial charge in [0.2, 0.25) is 5.52 Å². The van der Waals surface area contributed by atoms with Crippen molar-refractivity contribution in [2.24, 2.45) is 7.05 Å². The molecule has 0 spiro atoms. The third-order valence-corrected chi connectivity index (χ3v) is 7.57. The van der Waals surface area contributed by atoms with Crippen molar-refractivity contribution >= 4 is 28.2 Å². The van der Waals surface area contributed by atoms with Crippen LogP contribution in [0.15, 0.2) is 71.5 Å². The van der Waals surface area contributed by atoms with E-state index in [0.717, 1.165) is 23.3 Å². The molecule has 3 heterocycles. The topological polar surface area (TPSA) is 50.1 Å². The lowest BCUT2D eigenvalue weighted by Crippen LogP contribution is -2.57. The van der Waals surface area contributed by atoms with Gasteiger partial charge in [-0.2, -0.15) is 0 Å². The molecule has 0 saturated carbocycles. The molecule has 2 aromatic heterocycles. The SMILES string of the molecule is [C-]#[N+]c1ccc(C(c2ccc(C)cc2)N2C[C@H](C)N(c3cc(=O)n(C)c4ccc([N+]#[C-])nc34)C[C@H]2C)cc1. The first-order valence-corrected chi connectivity index (χ1v) is 12.8. The van der Waals surface area contributed by atoms with Crippen LogP contribution in [0.5, 0.6) is 0 Å². The Hall–Kier alpha value is -4.46. The summed E-state index contributed by atoms with van der Waals surface area (Å²) in [5.41, 5.74) is 6.29. The van der Waals surface area contributed by atoms with Crippen LogP contribution >= 0.6 is 0 Å². The summed E-state index contributed by atoms with van der Waals surface area (Å²) in [7, 11) is 1.74. The van der Waals surface area contributed by atoms with Crippen molar-refractivity contribution in [3.05, 3.63) is 117 Å². The van der Waals surface area contributed by atoms with Gasteiger partial charge in [0.25, 0.3) is 11.4 Å². The lowest BCUT2D eigenvalue weighted by Gasteiger charge is -2.48. The summed E-state index contributed by atoms with van der Waals surface area (Å²) in [5.74, 6) is 0.319. The highest BCUT2D eigenvalue weighted by Crippen LogP contribution is 2.36. The van der Waals surface area contributed by atoms with Crippen molar-refractivity contribution in [1.82, 2.24) is 14.5 Å².